The Morgan fingerprint density at radius 2 is 1.55 bits per heavy atom. The van der Waals surface area contributed by atoms with Crippen molar-refractivity contribution in [2.24, 2.45) is 0 Å². The number of hydrogen-bond acceptors (Lipinski definition) is 3. The zero-order valence-electron chi connectivity index (χ0n) is 13.1. The summed E-state index contributed by atoms with van der Waals surface area (Å²) in [5.41, 5.74) is 1.65. The molecule has 2 rings (SSSR count). The zero-order chi connectivity index (χ0) is 16.2. The van der Waals surface area contributed by atoms with Gasteiger partial charge < -0.3 is 4.74 Å². The second-order valence-electron chi connectivity index (χ2n) is 5.88. The van der Waals surface area contributed by atoms with Gasteiger partial charge in [-0.15, -0.1) is 0 Å². The molecule has 0 spiro atoms. The summed E-state index contributed by atoms with van der Waals surface area (Å²) in [4.78, 5) is 24.4. The number of carbonyl (C=O) groups is 2. The fourth-order valence-corrected chi connectivity index (χ4v) is 2.54. The number of esters is 1. The van der Waals surface area contributed by atoms with Gasteiger partial charge in [0.05, 0.1) is 13.5 Å². The number of ether oxygens (including phenoxy) is 1. The summed E-state index contributed by atoms with van der Waals surface area (Å²) in [5, 5.41) is 0. The second-order valence-corrected chi connectivity index (χ2v) is 5.88. The van der Waals surface area contributed by atoms with Gasteiger partial charge in [-0.2, -0.15) is 0 Å². The summed E-state index contributed by atoms with van der Waals surface area (Å²) in [5.74, 6) is -0.318. The normalized spacial score (nSPS) is 11.0. The molecule has 22 heavy (non-hydrogen) atoms. The van der Waals surface area contributed by atoms with Crippen LogP contribution in [0, 0.1) is 0 Å². The van der Waals surface area contributed by atoms with Crippen molar-refractivity contribution in [1.29, 1.82) is 0 Å². The standard InChI is InChI=1S/C19H20O3/c1-19(2,13-17(20)22-3)16-12-8-7-11-15(16)18(21)14-9-5-4-6-10-14/h4-12H,13H2,1-3H3. The maximum atomic E-state index is 12.8. The van der Waals surface area contributed by atoms with E-state index in [9.17, 15) is 9.59 Å². The van der Waals surface area contributed by atoms with Crippen molar-refractivity contribution >= 4 is 11.8 Å². The van der Waals surface area contributed by atoms with Gasteiger partial charge in [-0.05, 0) is 5.56 Å². The van der Waals surface area contributed by atoms with Crippen LogP contribution >= 0.6 is 0 Å². The topological polar surface area (TPSA) is 43.4 Å². The number of hydrogen-bond donors (Lipinski definition) is 0. The van der Waals surface area contributed by atoms with Crippen molar-refractivity contribution in [3.63, 3.8) is 0 Å². The highest BCUT2D eigenvalue weighted by atomic mass is 16.5. The Morgan fingerprint density at radius 3 is 2.18 bits per heavy atom. The molecule has 0 atom stereocenters. The van der Waals surface area contributed by atoms with Gasteiger partial charge in [-0.25, -0.2) is 0 Å². The van der Waals surface area contributed by atoms with Crippen molar-refractivity contribution in [3.05, 3.63) is 71.3 Å². The van der Waals surface area contributed by atoms with Crippen LogP contribution in [-0.2, 0) is 14.9 Å². The average molecular weight is 296 g/mol. The third-order valence-corrected chi connectivity index (χ3v) is 3.75. The fraction of sp³-hybridized carbons (Fsp3) is 0.263. The molecule has 0 fully saturated rings. The van der Waals surface area contributed by atoms with Crippen LogP contribution in [0.5, 0.6) is 0 Å². The number of carbonyl (C=O) groups excluding carboxylic acids is 2. The maximum Gasteiger partial charge on any atom is 0.306 e. The summed E-state index contributed by atoms with van der Waals surface area (Å²) < 4.78 is 4.77. The van der Waals surface area contributed by atoms with Crippen LogP contribution in [0.4, 0.5) is 0 Å². The Balaban J connectivity index is 2.43. The van der Waals surface area contributed by atoms with Crippen molar-refractivity contribution in [2.45, 2.75) is 25.7 Å². The molecule has 0 bridgehead atoms. The molecule has 0 aliphatic carbocycles. The number of rotatable bonds is 5. The Morgan fingerprint density at radius 1 is 0.955 bits per heavy atom. The first kappa shape index (κ1) is 16.0. The Bertz CT molecular complexity index is 672. The molecule has 114 valence electrons. The van der Waals surface area contributed by atoms with Crippen molar-refractivity contribution in [3.8, 4) is 0 Å². The molecule has 0 aromatic heterocycles. The Labute approximate surface area is 130 Å². The van der Waals surface area contributed by atoms with Crippen LogP contribution in [0.1, 0.15) is 41.8 Å². The van der Waals surface area contributed by atoms with Crippen molar-refractivity contribution < 1.29 is 14.3 Å². The average Bonchev–Trinajstić information content (AvgIpc) is 2.54. The highest BCUT2D eigenvalue weighted by Crippen LogP contribution is 2.31. The molecule has 3 nitrogen and oxygen atoms in total. The minimum absolute atomic E-state index is 0.0332. The van der Waals surface area contributed by atoms with E-state index < -0.39 is 5.41 Å². The summed E-state index contributed by atoms with van der Waals surface area (Å²) in [6.07, 6.45) is 0.225. The minimum Gasteiger partial charge on any atom is -0.469 e. The molecule has 3 heteroatoms. The van der Waals surface area contributed by atoms with E-state index in [-0.39, 0.29) is 18.2 Å². The predicted molar refractivity (Wildman–Crippen MR) is 86.0 cm³/mol. The van der Waals surface area contributed by atoms with Gasteiger partial charge in [-0.3, -0.25) is 9.59 Å². The number of methoxy groups -OCH3 is 1. The monoisotopic (exact) mass is 296 g/mol. The van der Waals surface area contributed by atoms with Crippen LogP contribution in [0.2, 0.25) is 0 Å². The van der Waals surface area contributed by atoms with Crippen molar-refractivity contribution in [2.75, 3.05) is 7.11 Å². The first-order chi connectivity index (χ1) is 10.5. The van der Waals surface area contributed by atoms with E-state index in [1.54, 1.807) is 12.1 Å². The van der Waals surface area contributed by atoms with Gasteiger partial charge in [0.2, 0.25) is 0 Å². The zero-order valence-corrected chi connectivity index (χ0v) is 13.1. The SMILES string of the molecule is COC(=O)CC(C)(C)c1ccccc1C(=O)c1ccccc1. The van der Waals surface area contributed by atoms with Gasteiger partial charge >= 0.3 is 5.97 Å². The molecular weight excluding hydrogens is 276 g/mol. The fourth-order valence-electron chi connectivity index (χ4n) is 2.54. The van der Waals surface area contributed by atoms with Gasteiger partial charge in [-0.1, -0.05) is 68.4 Å². The lowest BCUT2D eigenvalue weighted by Gasteiger charge is -2.26. The van der Waals surface area contributed by atoms with Gasteiger partial charge in [0.15, 0.2) is 5.78 Å². The molecule has 0 aliphatic rings. The van der Waals surface area contributed by atoms with Crippen LogP contribution in [0.3, 0.4) is 0 Å². The molecule has 0 unspecified atom stereocenters. The molecule has 0 saturated heterocycles. The van der Waals surface area contributed by atoms with E-state index in [4.69, 9.17) is 4.74 Å². The minimum atomic E-state index is -0.478. The quantitative estimate of drug-likeness (QED) is 0.623. The smallest absolute Gasteiger partial charge is 0.306 e. The molecule has 0 radical (unpaired) electrons. The molecule has 0 aliphatic heterocycles. The van der Waals surface area contributed by atoms with Gasteiger partial charge in [0, 0.05) is 16.5 Å². The first-order valence-electron chi connectivity index (χ1n) is 7.22. The van der Waals surface area contributed by atoms with Crippen LogP contribution in [0.25, 0.3) is 0 Å². The van der Waals surface area contributed by atoms with E-state index in [1.165, 1.54) is 7.11 Å². The van der Waals surface area contributed by atoms with Crippen LogP contribution in [-0.4, -0.2) is 18.9 Å². The van der Waals surface area contributed by atoms with Crippen molar-refractivity contribution in [1.82, 2.24) is 0 Å². The van der Waals surface area contributed by atoms with Gasteiger partial charge in [0.1, 0.15) is 0 Å². The predicted octanol–water partition coefficient (Wildman–Crippen LogP) is 3.76. The Hall–Kier alpha value is -2.42. The summed E-state index contributed by atoms with van der Waals surface area (Å²) in [6, 6.07) is 16.6. The number of ketones is 1. The van der Waals surface area contributed by atoms with E-state index in [2.05, 4.69) is 0 Å². The molecule has 2 aromatic rings. The largest absolute Gasteiger partial charge is 0.469 e. The molecule has 0 amide bonds. The van der Waals surface area contributed by atoms with Gasteiger partial charge in [0.25, 0.3) is 0 Å². The van der Waals surface area contributed by atoms with Crippen LogP contribution in [0.15, 0.2) is 54.6 Å². The molecule has 0 N–H and O–H groups in total. The molecule has 2 aromatic carbocycles. The lowest BCUT2D eigenvalue weighted by molar-refractivity contribution is -0.141. The number of benzene rings is 2. The molecular formula is C19H20O3. The summed E-state index contributed by atoms with van der Waals surface area (Å²) in [6.45, 7) is 3.89. The van der Waals surface area contributed by atoms with E-state index in [0.29, 0.717) is 11.1 Å². The molecule has 0 saturated carbocycles. The third-order valence-electron chi connectivity index (χ3n) is 3.75. The lowest BCUT2D eigenvalue weighted by Crippen LogP contribution is -2.25. The summed E-state index contributed by atoms with van der Waals surface area (Å²) >= 11 is 0. The lowest BCUT2D eigenvalue weighted by atomic mass is 9.77. The first-order valence-corrected chi connectivity index (χ1v) is 7.22. The van der Waals surface area contributed by atoms with E-state index in [1.807, 2.05) is 56.3 Å². The Kier molecular flexibility index (Phi) is 4.76. The third kappa shape index (κ3) is 3.42. The van der Waals surface area contributed by atoms with E-state index in [0.717, 1.165) is 5.56 Å². The van der Waals surface area contributed by atoms with E-state index >= 15 is 0 Å². The highest BCUT2D eigenvalue weighted by Gasteiger charge is 2.29. The summed E-state index contributed by atoms with van der Waals surface area (Å²) in [7, 11) is 1.37. The maximum absolute atomic E-state index is 12.8. The molecule has 0 heterocycles. The highest BCUT2D eigenvalue weighted by molar-refractivity contribution is 6.10. The van der Waals surface area contributed by atoms with Crippen LogP contribution < -0.4 is 0 Å². The second kappa shape index (κ2) is 6.56.